The molecule has 0 bridgehead atoms. The molecule has 0 amide bonds. The van der Waals surface area contributed by atoms with Crippen molar-refractivity contribution in [3.8, 4) is 0 Å². The molecule has 1 aromatic carbocycles. The first-order valence-electron chi connectivity index (χ1n) is 6.66. The van der Waals surface area contributed by atoms with E-state index in [-0.39, 0.29) is 0 Å². The Morgan fingerprint density at radius 3 is 3.00 bits per heavy atom. The Morgan fingerprint density at radius 1 is 1.22 bits per heavy atom. The molecule has 1 N–H and O–H groups in total. The summed E-state index contributed by atoms with van der Waals surface area (Å²) < 4.78 is 0. The van der Waals surface area contributed by atoms with Gasteiger partial charge in [0, 0.05) is 25.2 Å². The van der Waals surface area contributed by atoms with Crippen molar-refractivity contribution in [1.29, 1.82) is 0 Å². The molecule has 0 aromatic heterocycles. The van der Waals surface area contributed by atoms with Gasteiger partial charge in [0.25, 0.3) is 0 Å². The third-order valence-electron chi connectivity index (χ3n) is 4.19. The highest BCUT2D eigenvalue weighted by atomic mass is 35.5. The standard InChI is InChI=1S/C14H18Cl2N2/c15-11-4-1-3-10(14(11)16)9-17-12-6-8-18-7-2-5-13(12)18/h1,3-4,12-13,17H,2,5-9H2. The predicted molar refractivity (Wildman–Crippen MR) is 76.3 cm³/mol. The molecule has 2 nitrogen and oxygen atoms in total. The van der Waals surface area contributed by atoms with Crippen molar-refractivity contribution < 1.29 is 0 Å². The summed E-state index contributed by atoms with van der Waals surface area (Å²) in [6.07, 6.45) is 3.94. The van der Waals surface area contributed by atoms with Crippen LogP contribution in [-0.2, 0) is 6.54 Å². The molecule has 2 unspecified atom stereocenters. The van der Waals surface area contributed by atoms with Crippen LogP contribution < -0.4 is 5.32 Å². The van der Waals surface area contributed by atoms with Gasteiger partial charge in [0.2, 0.25) is 0 Å². The van der Waals surface area contributed by atoms with Gasteiger partial charge < -0.3 is 5.32 Å². The molecule has 0 radical (unpaired) electrons. The fraction of sp³-hybridized carbons (Fsp3) is 0.571. The lowest BCUT2D eigenvalue weighted by atomic mass is 10.1. The van der Waals surface area contributed by atoms with Crippen LogP contribution in [0.1, 0.15) is 24.8 Å². The number of hydrogen-bond donors (Lipinski definition) is 1. The van der Waals surface area contributed by atoms with Gasteiger partial charge >= 0.3 is 0 Å². The Kier molecular flexibility index (Phi) is 3.81. The number of nitrogens with one attached hydrogen (secondary N) is 1. The van der Waals surface area contributed by atoms with E-state index in [9.17, 15) is 0 Å². The zero-order valence-electron chi connectivity index (χ0n) is 10.3. The normalized spacial score (nSPS) is 27.7. The van der Waals surface area contributed by atoms with Crippen molar-refractivity contribution in [1.82, 2.24) is 10.2 Å². The van der Waals surface area contributed by atoms with Crippen molar-refractivity contribution in [3.63, 3.8) is 0 Å². The van der Waals surface area contributed by atoms with Crippen molar-refractivity contribution in [3.05, 3.63) is 33.8 Å². The fourth-order valence-electron chi connectivity index (χ4n) is 3.25. The van der Waals surface area contributed by atoms with Crippen LogP contribution in [0, 0.1) is 0 Å². The van der Waals surface area contributed by atoms with Crippen molar-refractivity contribution in [2.24, 2.45) is 0 Å². The quantitative estimate of drug-likeness (QED) is 0.916. The van der Waals surface area contributed by atoms with Gasteiger partial charge in [-0.25, -0.2) is 0 Å². The summed E-state index contributed by atoms with van der Waals surface area (Å²) in [7, 11) is 0. The van der Waals surface area contributed by atoms with Crippen LogP contribution in [0.15, 0.2) is 18.2 Å². The van der Waals surface area contributed by atoms with E-state index < -0.39 is 0 Å². The Balaban J connectivity index is 1.63. The summed E-state index contributed by atoms with van der Waals surface area (Å²) >= 11 is 12.2. The van der Waals surface area contributed by atoms with Gasteiger partial charge in [-0.15, -0.1) is 0 Å². The first-order chi connectivity index (χ1) is 8.75. The van der Waals surface area contributed by atoms with E-state index in [1.807, 2.05) is 18.2 Å². The second-order valence-electron chi connectivity index (χ2n) is 5.23. The van der Waals surface area contributed by atoms with Crippen LogP contribution in [0.5, 0.6) is 0 Å². The highest BCUT2D eigenvalue weighted by molar-refractivity contribution is 6.42. The van der Waals surface area contributed by atoms with E-state index in [4.69, 9.17) is 23.2 Å². The molecule has 2 aliphatic rings. The number of halogens is 2. The van der Waals surface area contributed by atoms with E-state index in [0.717, 1.165) is 18.2 Å². The number of benzene rings is 1. The third kappa shape index (κ3) is 2.39. The average Bonchev–Trinajstić information content (AvgIpc) is 2.94. The molecule has 0 saturated carbocycles. The number of hydrogen-bond acceptors (Lipinski definition) is 2. The van der Waals surface area contributed by atoms with Crippen LogP contribution in [0.2, 0.25) is 10.0 Å². The zero-order chi connectivity index (χ0) is 12.5. The van der Waals surface area contributed by atoms with Crippen LogP contribution in [0.25, 0.3) is 0 Å². The van der Waals surface area contributed by atoms with E-state index in [1.165, 1.54) is 32.4 Å². The second-order valence-corrected chi connectivity index (χ2v) is 6.02. The third-order valence-corrected chi connectivity index (χ3v) is 5.05. The molecule has 4 heteroatoms. The largest absolute Gasteiger partial charge is 0.308 e. The lowest BCUT2D eigenvalue weighted by Gasteiger charge is -2.21. The highest BCUT2D eigenvalue weighted by Crippen LogP contribution is 2.29. The monoisotopic (exact) mass is 284 g/mol. The first-order valence-corrected chi connectivity index (χ1v) is 7.41. The maximum atomic E-state index is 6.21. The Morgan fingerprint density at radius 2 is 2.11 bits per heavy atom. The van der Waals surface area contributed by atoms with Gasteiger partial charge in [0.05, 0.1) is 10.0 Å². The minimum Gasteiger partial charge on any atom is -0.308 e. The first kappa shape index (κ1) is 12.7. The second kappa shape index (κ2) is 5.38. The predicted octanol–water partition coefficient (Wildman–Crippen LogP) is 3.32. The molecule has 3 rings (SSSR count). The molecule has 2 saturated heterocycles. The molecule has 2 atom stereocenters. The van der Waals surface area contributed by atoms with Gasteiger partial charge in [-0.3, -0.25) is 4.90 Å². The van der Waals surface area contributed by atoms with Gasteiger partial charge in [0.15, 0.2) is 0 Å². The summed E-state index contributed by atoms with van der Waals surface area (Å²) in [5.41, 5.74) is 1.10. The van der Waals surface area contributed by atoms with Crippen molar-refractivity contribution in [2.45, 2.75) is 37.9 Å². The van der Waals surface area contributed by atoms with Crippen LogP contribution in [-0.4, -0.2) is 30.1 Å². The van der Waals surface area contributed by atoms with Crippen molar-refractivity contribution in [2.75, 3.05) is 13.1 Å². The van der Waals surface area contributed by atoms with Gasteiger partial charge in [-0.1, -0.05) is 35.3 Å². The molecular formula is C14H18Cl2N2. The summed E-state index contributed by atoms with van der Waals surface area (Å²) in [6.45, 7) is 3.33. The van der Waals surface area contributed by atoms with Gasteiger partial charge in [-0.05, 0) is 37.4 Å². The van der Waals surface area contributed by atoms with E-state index in [1.54, 1.807) is 0 Å². The molecule has 0 spiro atoms. The number of nitrogens with zero attached hydrogens (tertiary/aromatic N) is 1. The summed E-state index contributed by atoms with van der Waals surface area (Å²) in [5.74, 6) is 0. The molecule has 1 aromatic rings. The average molecular weight is 285 g/mol. The van der Waals surface area contributed by atoms with Crippen molar-refractivity contribution >= 4 is 23.2 Å². The highest BCUT2D eigenvalue weighted by Gasteiger charge is 2.36. The minimum atomic E-state index is 0.613. The fourth-order valence-corrected chi connectivity index (χ4v) is 3.63. The van der Waals surface area contributed by atoms with E-state index in [2.05, 4.69) is 10.2 Å². The van der Waals surface area contributed by atoms with Gasteiger partial charge in [-0.2, -0.15) is 0 Å². The molecule has 2 aliphatic heterocycles. The molecule has 2 fully saturated rings. The van der Waals surface area contributed by atoms with Crippen LogP contribution in [0.4, 0.5) is 0 Å². The van der Waals surface area contributed by atoms with E-state index in [0.29, 0.717) is 16.1 Å². The Bertz CT molecular complexity index is 436. The van der Waals surface area contributed by atoms with Crippen LogP contribution >= 0.6 is 23.2 Å². The smallest absolute Gasteiger partial charge is 0.0637 e. The van der Waals surface area contributed by atoms with Crippen LogP contribution in [0.3, 0.4) is 0 Å². The SMILES string of the molecule is Clc1cccc(CNC2CCN3CCCC23)c1Cl. The lowest BCUT2D eigenvalue weighted by Crippen LogP contribution is -2.38. The topological polar surface area (TPSA) is 15.3 Å². The summed E-state index contributed by atoms with van der Waals surface area (Å²) in [4.78, 5) is 2.61. The summed E-state index contributed by atoms with van der Waals surface area (Å²) in [5, 5.41) is 4.98. The Hall–Kier alpha value is -0.280. The van der Waals surface area contributed by atoms with Gasteiger partial charge in [0.1, 0.15) is 0 Å². The lowest BCUT2D eigenvalue weighted by molar-refractivity contribution is 0.298. The maximum absolute atomic E-state index is 6.21. The molecule has 2 heterocycles. The van der Waals surface area contributed by atoms with E-state index >= 15 is 0 Å². The molecule has 18 heavy (non-hydrogen) atoms. The molecule has 98 valence electrons. The zero-order valence-corrected chi connectivity index (χ0v) is 11.8. The maximum Gasteiger partial charge on any atom is 0.0637 e. The number of fused-ring (bicyclic) bond motifs is 1. The Labute approximate surface area is 118 Å². The minimum absolute atomic E-state index is 0.613. The number of rotatable bonds is 3. The molecule has 0 aliphatic carbocycles. The summed E-state index contributed by atoms with van der Waals surface area (Å²) in [6, 6.07) is 7.19. The molecular weight excluding hydrogens is 267 g/mol.